The highest BCUT2D eigenvalue weighted by Crippen LogP contribution is 2.39. The fourth-order valence-corrected chi connectivity index (χ4v) is 5.39. The number of alkyl halides is 4. The highest BCUT2D eigenvalue weighted by Gasteiger charge is 2.40. The molecule has 1 saturated heterocycles. The summed E-state index contributed by atoms with van der Waals surface area (Å²) in [6.07, 6.45) is 2.91. The summed E-state index contributed by atoms with van der Waals surface area (Å²) in [5.41, 5.74) is 0.0704. The van der Waals surface area contributed by atoms with E-state index in [4.69, 9.17) is 14.6 Å². The molecular weight excluding hydrogens is 518 g/mol. The van der Waals surface area contributed by atoms with Gasteiger partial charge >= 0.3 is 5.97 Å². The number of halogens is 4. The van der Waals surface area contributed by atoms with E-state index in [2.05, 4.69) is 5.32 Å². The monoisotopic (exact) mass is 553 g/mol. The van der Waals surface area contributed by atoms with Crippen LogP contribution in [0, 0.1) is 11.3 Å². The molecule has 4 rings (SSSR count). The number of nitrogens with one attached hydrogen (secondary N) is 1. The third-order valence-corrected chi connectivity index (χ3v) is 7.60. The lowest BCUT2D eigenvalue weighted by molar-refractivity contribution is -0.0103. The predicted octanol–water partition coefficient (Wildman–Crippen LogP) is 5.24. The van der Waals surface area contributed by atoms with Crippen LogP contribution >= 0.6 is 0 Å². The van der Waals surface area contributed by atoms with Gasteiger partial charge in [-0.15, -0.1) is 0 Å². The van der Waals surface area contributed by atoms with Gasteiger partial charge in [0.05, 0.1) is 29.1 Å². The molecule has 0 unspecified atom stereocenters. The Bertz CT molecular complexity index is 1230. The van der Waals surface area contributed by atoms with Crippen LogP contribution in [-0.4, -0.2) is 48.0 Å². The number of hydrogen-bond donors (Lipinski definition) is 1. The van der Waals surface area contributed by atoms with Crippen LogP contribution in [0.5, 0.6) is 0 Å². The summed E-state index contributed by atoms with van der Waals surface area (Å²) in [6, 6.07) is 2.68. The van der Waals surface area contributed by atoms with Gasteiger partial charge in [0.15, 0.2) is 0 Å². The van der Waals surface area contributed by atoms with E-state index in [1.54, 1.807) is 0 Å². The van der Waals surface area contributed by atoms with Crippen molar-refractivity contribution in [3.8, 4) is 0 Å². The number of esters is 1. The van der Waals surface area contributed by atoms with E-state index in [9.17, 15) is 27.2 Å². The smallest absolute Gasteiger partial charge is 0.338 e. The first-order valence-electron chi connectivity index (χ1n) is 13.3. The Balaban J connectivity index is 1.50. The lowest BCUT2D eigenvalue weighted by atomic mass is 9.76. The number of aromatic nitrogens is 2. The number of ether oxygens (including phenoxy) is 2. The highest BCUT2D eigenvalue weighted by molar-refractivity contribution is 5.97. The molecule has 1 atom stereocenters. The molecule has 0 bridgehead atoms. The summed E-state index contributed by atoms with van der Waals surface area (Å²) >= 11 is 0. The van der Waals surface area contributed by atoms with E-state index in [0.717, 1.165) is 36.7 Å². The number of benzene rings is 1. The van der Waals surface area contributed by atoms with Crippen LogP contribution in [0.1, 0.15) is 83.8 Å². The highest BCUT2D eigenvalue weighted by atomic mass is 19.3. The SMILES string of the molecule is CCc1nn(C[C@@H](C)COC(=O)c2ccc(C(C)(F)F)c(C(C)(F)F)c2)c2c1C(=O)NCC1(CCOCC1)C2. The average Bonchev–Trinajstić information content (AvgIpc) is 3.14. The molecule has 214 valence electrons. The summed E-state index contributed by atoms with van der Waals surface area (Å²) in [6.45, 7) is 6.99. The molecule has 1 aromatic carbocycles. The number of fused-ring (bicyclic) bond motifs is 1. The molecule has 1 aromatic heterocycles. The van der Waals surface area contributed by atoms with E-state index in [1.165, 1.54) is 0 Å². The van der Waals surface area contributed by atoms with Crippen molar-refractivity contribution in [3.05, 3.63) is 51.8 Å². The zero-order chi connectivity index (χ0) is 28.6. The first-order chi connectivity index (χ1) is 18.2. The summed E-state index contributed by atoms with van der Waals surface area (Å²) in [5, 5.41) is 7.78. The van der Waals surface area contributed by atoms with E-state index in [-0.39, 0.29) is 29.4 Å². The standard InChI is InChI=1S/C28H35F4N3O4/c1-5-21-23-22(13-28(16-33-24(23)36)8-10-38-11-9-28)35(34-21)14-17(2)15-39-25(37)18-6-7-19(26(3,29)30)20(12-18)27(4,31)32/h6-7,12,17H,5,8-11,13-16H2,1-4H3,(H,33,36)/t17-/m1/s1. The van der Waals surface area contributed by atoms with E-state index in [0.29, 0.717) is 64.2 Å². The van der Waals surface area contributed by atoms with Crippen LogP contribution in [0.15, 0.2) is 18.2 Å². The van der Waals surface area contributed by atoms with Crippen molar-refractivity contribution in [2.45, 2.75) is 71.8 Å². The molecule has 1 spiro atoms. The molecule has 0 radical (unpaired) electrons. The van der Waals surface area contributed by atoms with Gasteiger partial charge in [-0.2, -0.15) is 5.10 Å². The minimum absolute atomic E-state index is 0.0519. The molecule has 7 nitrogen and oxygen atoms in total. The number of amides is 1. The average molecular weight is 554 g/mol. The Hall–Kier alpha value is -2.95. The van der Waals surface area contributed by atoms with Crippen LogP contribution < -0.4 is 5.32 Å². The molecule has 2 aliphatic rings. The number of hydrogen-bond acceptors (Lipinski definition) is 5. The van der Waals surface area contributed by atoms with E-state index in [1.807, 2.05) is 18.5 Å². The molecule has 0 saturated carbocycles. The Morgan fingerprint density at radius 2 is 1.85 bits per heavy atom. The topological polar surface area (TPSA) is 82.5 Å². The van der Waals surface area contributed by atoms with Gasteiger partial charge in [-0.3, -0.25) is 9.48 Å². The fourth-order valence-electron chi connectivity index (χ4n) is 5.39. The zero-order valence-electron chi connectivity index (χ0n) is 22.7. The predicted molar refractivity (Wildman–Crippen MR) is 135 cm³/mol. The lowest BCUT2D eigenvalue weighted by Crippen LogP contribution is -2.41. The number of rotatable bonds is 8. The molecule has 1 N–H and O–H groups in total. The van der Waals surface area contributed by atoms with Crippen molar-refractivity contribution >= 4 is 11.9 Å². The van der Waals surface area contributed by atoms with Gasteiger partial charge in [0.25, 0.3) is 17.8 Å². The second-order valence-corrected chi connectivity index (χ2v) is 11.0. The van der Waals surface area contributed by atoms with Crippen LogP contribution in [0.25, 0.3) is 0 Å². The van der Waals surface area contributed by atoms with Crippen molar-refractivity contribution in [3.63, 3.8) is 0 Å². The number of aryl methyl sites for hydroxylation is 1. The van der Waals surface area contributed by atoms with Gasteiger partial charge in [0.1, 0.15) is 0 Å². The van der Waals surface area contributed by atoms with Crippen molar-refractivity contribution in [1.29, 1.82) is 0 Å². The van der Waals surface area contributed by atoms with Crippen LogP contribution in [0.3, 0.4) is 0 Å². The molecular formula is C28H35F4N3O4. The van der Waals surface area contributed by atoms with Gasteiger partial charge in [0, 0.05) is 57.2 Å². The van der Waals surface area contributed by atoms with Gasteiger partial charge < -0.3 is 14.8 Å². The van der Waals surface area contributed by atoms with Crippen LogP contribution in [-0.2, 0) is 40.7 Å². The van der Waals surface area contributed by atoms with Gasteiger partial charge in [-0.25, -0.2) is 22.4 Å². The van der Waals surface area contributed by atoms with E-state index >= 15 is 0 Å². The van der Waals surface area contributed by atoms with Crippen LogP contribution in [0.4, 0.5) is 17.6 Å². The summed E-state index contributed by atoms with van der Waals surface area (Å²) in [5.74, 6) is -8.31. The third kappa shape index (κ3) is 6.28. The minimum atomic E-state index is -3.57. The summed E-state index contributed by atoms with van der Waals surface area (Å²) < 4.78 is 68.6. The Kier molecular flexibility index (Phi) is 8.12. The summed E-state index contributed by atoms with van der Waals surface area (Å²) in [7, 11) is 0. The molecule has 2 aliphatic heterocycles. The van der Waals surface area contributed by atoms with Crippen molar-refractivity contribution in [2.24, 2.45) is 11.3 Å². The largest absolute Gasteiger partial charge is 0.462 e. The Morgan fingerprint density at radius 1 is 1.18 bits per heavy atom. The second kappa shape index (κ2) is 10.9. The number of carbonyl (C=O) groups excluding carboxylic acids is 2. The Morgan fingerprint density at radius 3 is 2.46 bits per heavy atom. The molecule has 2 aromatic rings. The normalized spacial score (nSPS) is 18.3. The molecule has 0 aliphatic carbocycles. The van der Waals surface area contributed by atoms with Crippen molar-refractivity contribution in [1.82, 2.24) is 15.1 Å². The van der Waals surface area contributed by atoms with E-state index < -0.39 is 28.9 Å². The fraction of sp³-hybridized carbons (Fsp3) is 0.607. The van der Waals surface area contributed by atoms with Crippen molar-refractivity contribution in [2.75, 3.05) is 26.4 Å². The molecule has 3 heterocycles. The summed E-state index contributed by atoms with van der Waals surface area (Å²) in [4.78, 5) is 25.7. The Labute approximate surface area is 225 Å². The maximum absolute atomic E-state index is 14.1. The lowest BCUT2D eigenvalue weighted by Gasteiger charge is -2.36. The van der Waals surface area contributed by atoms with Crippen LogP contribution in [0.2, 0.25) is 0 Å². The molecule has 39 heavy (non-hydrogen) atoms. The first-order valence-corrected chi connectivity index (χ1v) is 13.3. The minimum Gasteiger partial charge on any atom is -0.462 e. The number of nitrogens with zero attached hydrogens (tertiary/aromatic N) is 2. The van der Waals surface area contributed by atoms with Crippen molar-refractivity contribution < 1.29 is 36.6 Å². The molecule has 11 heteroatoms. The second-order valence-electron chi connectivity index (χ2n) is 11.0. The maximum Gasteiger partial charge on any atom is 0.338 e. The quantitative estimate of drug-likeness (QED) is 0.357. The van der Waals surface area contributed by atoms with Gasteiger partial charge in [-0.05, 0) is 43.2 Å². The zero-order valence-corrected chi connectivity index (χ0v) is 22.7. The van der Waals surface area contributed by atoms with Gasteiger partial charge in [0.2, 0.25) is 0 Å². The first kappa shape index (κ1) is 29.0. The molecule has 1 fully saturated rings. The maximum atomic E-state index is 14.1. The molecule has 1 amide bonds. The van der Waals surface area contributed by atoms with Gasteiger partial charge in [-0.1, -0.05) is 19.9 Å². The number of carbonyl (C=O) groups is 2. The third-order valence-electron chi connectivity index (χ3n) is 7.60.